The highest BCUT2D eigenvalue weighted by Crippen LogP contribution is 2.29. The van der Waals surface area contributed by atoms with Crippen molar-refractivity contribution in [3.8, 4) is 0 Å². The molecule has 1 aromatic carbocycles. The highest BCUT2D eigenvalue weighted by molar-refractivity contribution is 5.94. The molecule has 2 aliphatic heterocycles. The van der Waals surface area contributed by atoms with Crippen LogP contribution in [0, 0.1) is 12.8 Å². The maximum atomic E-state index is 12.5. The highest BCUT2D eigenvalue weighted by atomic mass is 16.2. The Morgan fingerprint density at radius 1 is 1.45 bits per heavy atom. The molecule has 0 aliphatic carbocycles. The fraction of sp³-hybridized carbons (Fsp3) is 0.588. The van der Waals surface area contributed by atoms with Crippen LogP contribution in [0.1, 0.15) is 36.8 Å². The first kappa shape index (κ1) is 13.6. The number of amides is 1. The van der Waals surface area contributed by atoms with Crippen LogP contribution in [0.25, 0.3) is 0 Å². The van der Waals surface area contributed by atoms with Gasteiger partial charge in [0.25, 0.3) is 0 Å². The maximum Gasteiger partial charge on any atom is 0.226 e. The second kappa shape index (κ2) is 5.96. The van der Waals surface area contributed by atoms with Crippen molar-refractivity contribution >= 4 is 11.6 Å². The second-order valence-corrected chi connectivity index (χ2v) is 6.18. The van der Waals surface area contributed by atoms with Gasteiger partial charge in [-0.05, 0) is 68.8 Å². The van der Waals surface area contributed by atoms with Crippen LogP contribution in [0.3, 0.4) is 0 Å². The van der Waals surface area contributed by atoms with Gasteiger partial charge in [-0.2, -0.15) is 0 Å². The number of hydrogen-bond donors (Lipinski definition) is 1. The molecule has 0 aromatic heterocycles. The van der Waals surface area contributed by atoms with E-state index in [9.17, 15) is 4.79 Å². The van der Waals surface area contributed by atoms with Crippen LogP contribution in [-0.4, -0.2) is 25.5 Å². The first-order valence-corrected chi connectivity index (χ1v) is 7.84. The number of fused-ring (bicyclic) bond motifs is 1. The number of aryl methyl sites for hydroxylation is 2. The van der Waals surface area contributed by atoms with Gasteiger partial charge in [-0.1, -0.05) is 12.1 Å². The van der Waals surface area contributed by atoms with Crippen LogP contribution >= 0.6 is 0 Å². The van der Waals surface area contributed by atoms with E-state index in [2.05, 4.69) is 30.4 Å². The summed E-state index contributed by atoms with van der Waals surface area (Å²) in [5.41, 5.74) is 3.73. The molecule has 1 amide bonds. The molecule has 1 atom stereocenters. The smallest absolute Gasteiger partial charge is 0.226 e. The van der Waals surface area contributed by atoms with Gasteiger partial charge in [0, 0.05) is 18.7 Å². The minimum atomic E-state index is 0.309. The molecule has 1 aromatic rings. The van der Waals surface area contributed by atoms with E-state index in [1.54, 1.807) is 0 Å². The Bertz CT molecular complexity index is 492. The zero-order valence-corrected chi connectivity index (χ0v) is 12.3. The molecule has 1 N–H and O–H groups in total. The summed E-state index contributed by atoms with van der Waals surface area (Å²) in [6.45, 7) is 5.19. The molecule has 0 spiro atoms. The fourth-order valence-corrected chi connectivity index (χ4v) is 3.37. The molecule has 3 nitrogen and oxygen atoms in total. The van der Waals surface area contributed by atoms with Crippen LogP contribution < -0.4 is 10.2 Å². The number of benzene rings is 1. The van der Waals surface area contributed by atoms with E-state index < -0.39 is 0 Å². The summed E-state index contributed by atoms with van der Waals surface area (Å²) in [7, 11) is 0. The van der Waals surface area contributed by atoms with Crippen molar-refractivity contribution in [3.05, 3.63) is 29.3 Å². The molecule has 2 aliphatic rings. The van der Waals surface area contributed by atoms with Crippen molar-refractivity contribution in [2.24, 2.45) is 5.92 Å². The zero-order valence-electron chi connectivity index (χ0n) is 12.3. The number of carbonyl (C=O) groups is 1. The van der Waals surface area contributed by atoms with E-state index in [1.165, 1.54) is 17.5 Å². The Morgan fingerprint density at radius 3 is 3.15 bits per heavy atom. The maximum absolute atomic E-state index is 12.5. The van der Waals surface area contributed by atoms with E-state index in [-0.39, 0.29) is 0 Å². The third kappa shape index (κ3) is 2.88. The summed E-state index contributed by atoms with van der Waals surface area (Å²) >= 11 is 0. The number of hydrogen-bond acceptors (Lipinski definition) is 2. The molecule has 3 heteroatoms. The molecular formula is C17H24N2O. The summed E-state index contributed by atoms with van der Waals surface area (Å²) in [5, 5.41) is 3.37. The molecule has 3 rings (SSSR count). The van der Waals surface area contributed by atoms with Crippen LogP contribution in [0.15, 0.2) is 18.2 Å². The highest BCUT2D eigenvalue weighted by Gasteiger charge is 2.23. The van der Waals surface area contributed by atoms with Gasteiger partial charge in [-0.25, -0.2) is 0 Å². The summed E-state index contributed by atoms with van der Waals surface area (Å²) < 4.78 is 0. The minimum absolute atomic E-state index is 0.309. The lowest BCUT2D eigenvalue weighted by Gasteiger charge is -2.30. The van der Waals surface area contributed by atoms with E-state index >= 15 is 0 Å². The minimum Gasteiger partial charge on any atom is -0.316 e. The third-order valence-corrected chi connectivity index (χ3v) is 4.59. The Morgan fingerprint density at radius 2 is 2.35 bits per heavy atom. The van der Waals surface area contributed by atoms with Crippen LogP contribution in [0.2, 0.25) is 0 Å². The first-order chi connectivity index (χ1) is 9.74. The normalized spacial score (nSPS) is 21.9. The molecule has 20 heavy (non-hydrogen) atoms. The van der Waals surface area contributed by atoms with Gasteiger partial charge in [0.1, 0.15) is 0 Å². The lowest BCUT2D eigenvalue weighted by molar-refractivity contribution is -0.119. The van der Waals surface area contributed by atoms with E-state index in [1.807, 2.05) is 4.90 Å². The summed E-state index contributed by atoms with van der Waals surface area (Å²) in [6.07, 6.45) is 5.14. The van der Waals surface area contributed by atoms with Gasteiger partial charge >= 0.3 is 0 Å². The Labute approximate surface area is 121 Å². The number of carbonyl (C=O) groups excluding carboxylic acids is 1. The summed E-state index contributed by atoms with van der Waals surface area (Å²) in [4.78, 5) is 14.6. The third-order valence-electron chi connectivity index (χ3n) is 4.59. The monoisotopic (exact) mass is 272 g/mol. The van der Waals surface area contributed by atoms with Crippen molar-refractivity contribution < 1.29 is 4.79 Å². The van der Waals surface area contributed by atoms with Crippen LogP contribution in [-0.2, 0) is 11.2 Å². The predicted octanol–water partition coefficient (Wildman–Crippen LogP) is 2.66. The topological polar surface area (TPSA) is 32.3 Å². The molecule has 0 bridgehead atoms. The lowest BCUT2D eigenvalue weighted by Crippen LogP contribution is -2.35. The molecule has 1 fully saturated rings. The quantitative estimate of drug-likeness (QED) is 0.917. The van der Waals surface area contributed by atoms with Gasteiger partial charge in [-0.15, -0.1) is 0 Å². The summed E-state index contributed by atoms with van der Waals surface area (Å²) in [5.74, 6) is 1.00. The van der Waals surface area contributed by atoms with Crippen LogP contribution in [0.5, 0.6) is 0 Å². The number of rotatable bonds is 3. The Hall–Kier alpha value is -1.35. The molecule has 1 saturated heterocycles. The standard InChI is InChI=1S/C17H24N2O/c1-13-4-6-15-3-2-10-19(16(15)11-13)17(20)7-5-14-8-9-18-12-14/h4,6,11,14,18H,2-3,5,7-10,12H2,1H3. The molecule has 0 saturated carbocycles. The van der Waals surface area contributed by atoms with Gasteiger partial charge in [-0.3, -0.25) is 4.79 Å². The van der Waals surface area contributed by atoms with E-state index in [4.69, 9.17) is 0 Å². The van der Waals surface area contributed by atoms with Crippen LogP contribution in [0.4, 0.5) is 5.69 Å². The Kier molecular flexibility index (Phi) is 4.06. The van der Waals surface area contributed by atoms with Gasteiger partial charge in [0.2, 0.25) is 5.91 Å². The zero-order chi connectivity index (χ0) is 13.9. The Balaban J connectivity index is 1.68. The molecule has 2 heterocycles. The number of nitrogens with one attached hydrogen (secondary N) is 1. The second-order valence-electron chi connectivity index (χ2n) is 6.18. The fourth-order valence-electron chi connectivity index (χ4n) is 3.37. The SMILES string of the molecule is Cc1ccc2c(c1)N(C(=O)CCC1CCNC1)CCC2. The first-order valence-electron chi connectivity index (χ1n) is 7.84. The molecule has 108 valence electrons. The average molecular weight is 272 g/mol. The number of anilines is 1. The van der Waals surface area contributed by atoms with Crippen molar-refractivity contribution in [2.45, 2.75) is 39.0 Å². The van der Waals surface area contributed by atoms with Crippen molar-refractivity contribution in [2.75, 3.05) is 24.5 Å². The summed E-state index contributed by atoms with van der Waals surface area (Å²) in [6, 6.07) is 6.51. The largest absolute Gasteiger partial charge is 0.316 e. The van der Waals surface area contributed by atoms with Crippen molar-refractivity contribution in [3.63, 3.8) is 0 Å². The van der Waals surface area contributed by atoms with Gasteiger partial charge in [0.05, 0.1) is 0 Å². The van der Waals surface area contributed by atoms with Gasteiger partial charge in [0.15, 0.2) is 0 Å². The van der Waals surface area contributed by atoms with E-state index in [0.717, 1.165) is 44.6 Å². The van der Waals surface area contributed by atoms with E-state index in [0.29, 0.717) is 18.2 Å². The average Bonchev–Trinajstić information content (AvgIpc) is 2.97. The predicted molar refractivity (Wildman–Crippen MR) is 82.1 cm³/mol. The molecule has 1 unspecified atom stereocenters. The van der Waals surface area contributed by atoms with Gasteiger partial charge < -0.3 is 10.2 Å². The van der Waals surface area contributed by atoms with Crippen molar-refractivity contribution in [1.82, 2.24) is 5.32 Å². The molecular weight excluding hydrogens is 248 g/mol. The molecule has 0 radical (unpaired) electrons. The lowest BCUT2D eigenvalue weighted by atomic mass is 9.98. The number of nitrogens with zero attached hydrogens (tertiary/aromatic N) is 1. The van der Waals surface area contributed by atoms with Crippen molar-refractivity contribution in [1.29, 1.82) is 0 Å².